The molecule has 1 saturated heterocycles. The number of rotatable bonds is 4. The van der Waals surface area contributed by atoms with E-state index in [0.29, 0.717) is 24.5 Å². The third-order valence-corrected chi connectivity index (χ3v) is 4.01. The Labute approximate surface area is 78.9 Å². The molecular weight excluding hydrogens is 188 g/mol. The second-order valence-electron chi connectivity index (χ2n) is 3.38. The molecule has 1 N–H and O–H groups in total. The zero-order valence-corrected chi connectivity index (χ0v) is 8.31. The Bertz CT molecular complexity index is 292. The summed E-state index contributed by atoms with van der Waals surface area (Å²) in [6.45, 7) is 1.38. The van der Waals surface area contributed by atoms with Crippen molar-refractivity contribution in [3.8, 4) is 6.07 Å². The van der Waals surface area contributed by atoms with E-state index in [9.17, 15) is 8.42 Å². The van der Waals surface area contributed by atoms with Gasteiger partial charge in [-0.1, -0.05) is 0 Å². The first-order chi connectivity index (χ1) is 6.14. The second-order valence-corrected chi connectivity index (χ2v) is 5.61. The van der Waals surface area contributed by atoms with E-state index >= 15 is 0 Å². The third-order valence-electron chi connectivity index (χ3n) is 2.17. The molecule has 0 aromatic rings. The van der Waals surface area contributed by atoms with Gasteiger partial charge in [-0.25, -0.2) is 8.42 Å². The van der Waals surface area contributed by atoms with Crippen LogP contribution in [0.25, 0.3) is 0 Å². The van der Waals surface area contributed by atoms with Crippen LogP contribution >= 0.6 is 0 Å². The van der Waals surface area contributed by atoms with E-state index in [0.717, 1.165) is 13.0 Å². The minimum absolute atomic E-state index is 0.253. The molecule has 0 saturated carbocycles. The van der Waals surface area contributed by atoms with Crippen LogP contribution in [0.5, 0.6) is 0 Å². The Hall–Kier alpha value is -0.600. The molecule has 0 radical (unpaired) electrons. The fraction of sp³-hybridized carbons (Fsp3) is 0.875. The van der Waals surface area contributed by atoms with Gasteiger partial charge in [-0.05, 0) is 18.9 Å². The fourth-order valence-electron chi connectivity index (χ4n) is 1.48. The summed E-state index contributed by atoms with van der Waals surface area (Å²) in [5, 5.41) is 11.3. The van der Waals surface area contributed by atoms with Crippen molar-refractivity contribution in [2.24, 2.45) is 5.92 Å². The molecule has 0 aromatic carbocycles. The zero-order chi connectivity index (χ0) is 9.73. The van der Waals surface area contributed by atoms with Gasteiger partial charge in [0.1, 0.15) is 0 Å². The molecule has 1 rings (SSSR count). The van der Waals surface area contributed by atoms with Crippen LogP contribution in [-0.4, -0.2) is 33.0 Å². The lowest BCUT2D eigenvalue weighted by molar-refractivity contribution is 0.525. The molecule has 1 aliphatic rings. The average Bonchev–Trinajstić information content (AvgIpc) is 2.40. The monoisotopic (exact) mass is 202 g/mol. The van der Waals surface area contributed by atoms with Crippen LogP contribution < -0.4 is 5.32 Å². The van der Waals surface area contributed by atoms with Crippen LogP contribution in [0.1, 0.15) is 12.8 Å². The van der Waals surface area contributed by atoms with Gasteiger partial charge in [-0.15, -0.1) is 0 Å². The van der Waals surface area contributed by atoms with Gasteiger partial charge in [0, 0.05) is 13.0 Å². The number of nitriles is 1. The van der Waals surface area contributed by atoms with Crippen molar-refractivity contribution < 1.29 is 8.42 Å². The molecule has 74 valence electrons. The van der Waals surface area contributed by atoms with Crippen LogP contribution in [0.2, 0.25) is 0 Å². The summed E-state index contributed by atoms with van der Waals surface area (Å²) < 4.78 is 22.1. The highest BCUT2D eigenvalue weighted by molar-refractivity contribution is 7.91. The Morgan fingerprint density at radius 2 is 2.31 bits per heavy atom. The molecule has 13 heavy (non-hydrogen) atoms. The molecule has 1 atom stereocenters. The maximum Gasteiger partial charge on any atom is 0.150 e. The molecule has 1 aliphatic heterocycles. The Morgan fingerprint density at radius 1 is 1.54 bits per heavy atom. The molecule has 0 aliphatic carbocycles. The van der Waals surface area contributed by atoms with Crippen molar-refractivity contribution in [1.29, 1.82) is 5.26 Å². The van der Waals surface area contributed by atoms with Crippen LogP contribution in [0.15, 0.2) is 0 Å². The normalized spacial score (nSPS) is 25.6. The number of hydrogen-bond acceptors (Lipinski definition) is 4. The maximum absolute atomic E-state index is 11.0. The summed E-state index contributed by atoms with van der Waals surface area (Å²) in [5.41, 5.74) is 0. The molecule has 0 spiro atoms. The molecule has 0 amide bonds. The van der Waals surface area contributed by atoms with Crippen LogP contribution in [-0.2, 0) is 9.84 Å². The molecule has 0 bridgehead atoms. The van der Waals surface area contributed by atoms with E-state index in [-0.39, 0.29) is 5.92 Å². The highest BCUT2D eigenvalue weighted by Gasteiger charge is 2.26. The topological polar surface area (TPSA) is 70.0 Å². The van der Waals surface area contributed by atoms with E-state index < -0.39 is 9.84 Å². The molecule has 1 fully saturated rings. The van der Waals surface area contributed by atoms with Gasteiger partial charge in [-0.2, -0.15) is 5.26 Å². The standard InChI is InChI=1S/C8H14N2O2S/c9-3-1-4-10-6-8-2-5-13(11,12)7-8/h8,10H,1-2,4-7H2. The van der Waals surface area contributed by atoms with Gasteiger partial charge < -0.3 is 5.32 Å². The predicted molar refractivity (Wildman–Crippen MR) is 49.9 cm³/mol. The summed E-state index contributed by atoms with van der Waals surface area (Å²) in [7, 11) is -2.74. The zero-order valence-electron chi connectivity index (χ0n) is 7.49. The van der Waals surface area contributed by atoms with Crippen molar-refractivity contribution in [2.45, 2.75) is 12.8 Å². The number of nitrogens with zero attached hydrogens (tertiary/aromatic N) is 1. The average molecular weight is 202 g/mol. The minimum Gasteiger partial charge on any atom is -0.315 e. The van der Waals surface area contributed by atoms with E-state index in [4.69, 9.17) is 5.26 Å². The first-order valence-electron chi connectivity index (χ1n) is 4.42. The van der Waals surface area contributed by atoms with E-state index in [1.165, 1.54) is 0 Å². The van der Waals surface area contributed by atoms with Gasteiger partial charge in [0.25, 0.3) is 0 Å². The van der Waals surface area contributed by atoms with Crippen LogP contribution in [0, 0.1) is 17.2 Å². The van der Waals surface area contributed by atoms with Gasteiger partial charge in [0.05, 0.1) is 17.6 Å². The summed E-state index contributed by atoms with van der Waals surface area (Å²) in [5.74, 6) is 0.896. The van der Waals surface area contributed by atoms with E-state index in [2.05, 4.69) is 5.32 Å². The maximum atomic E-state index is 11.0. The van der Waals surface area contributed by atoms with Gasteiger partial charge >= 0.3 is 0 Å². The highest BCUT2D eigenvalue weighted by Crippen LogP contribution is 2.17. The quantitative estimate of drug-likeness (QED) is 0.648. The largest absolute Gasteiger partial charge is 0.315 e. The van der Waals surface area contributed by atoms with E-state index in [1.54, 1.807) is 0 Å². The molecule has 0 aromatic heterocycles. The van der Waals surface area contributed by atoms with Crippen molar-refractivity contribution in [3.63, 3.8) is 0 Å². The van der Waals surface area contributed by atoms with Crippen molar-refractivity contribution >= 4 is 9.84 Å². The number of nitrogens with one attached hydrogen (secondary N) is 1. The SMILES string of the molecule is N#CCCNCC1CCS(=O)(=O)C1. The molecule has 1 unspecified atom stereocenters. The Balaban J connectivity index is 2.15. The Kier molecular flexibility index (Phi) is 3.70. The van der Waals surface area contributed by atoms with Gasteiger partial charge in [0.2, 0.25) is 0 Å². The second kappa shape index (κ2) is 4.58. The van der Waals surface area contributed by atoms with Crippen molar-refractivity contribution in [2.75, 3.05) is 24.6 Å². The Morgan fingerprint density at radius 3 is 2.85 bits per heavy atom. The molecule has 5 heteroatoms. The highest BCUT2D eigenvalue weighted by atomic mass is 32.2. The summed E-state index contributed by atoms with van der Waals surface area (Å²) >= 11 is 0. The summed E-state index contributed by atoms with van der Waals surface area (Å²) in [4.78, 5) is 0. The minimum atomic E-state index is -2.74. The van der Waals surface area contributed by atoms with Crippen molar-refractivity contribution in [1.82, 2.24) is 5.32 Å². The van der Waals surface area contributed by atoms with Crippen LogP contribution in [0.3, 0.4) is 0 Å². The summed E-state index contributed by atoms with van der Waals surface area (Å²) in [6.07, 6.45) is 1.25. The third kappa shape index (κ3) is 3.75. The van der Waals surface area contributed by atoms with Crippen LogP contribution in [0.4, 0.5) is 0 Å². The lowest BCUT2D eigenvalue weighted by Crippen LogP contribution is -2.24. The summed E-state index contributed by atoms with van der Waals surface area (Å²) in [6, 6.07) is 2.03. The van der Waals surface area contributed by atoms with Gasteiger partial charge in [-0.3, -0.25) is 0 Å². The molecular formula is C8H14N2O2S. The molecule has 4 nitrogen and oxygen atoms in total. The smallest absolute Gasteiger partial charge is 0.150 e. The molecule has 1 heterocycles. The first-order valence-corrected chi connectivity index (χ1v) is 6.24. The predicted octanol–water partition coefficient (Wildman–Crippen LogP) is -0.0756. The number of hydrogen-bond donors (Lipinski definition) is 1. The fourth-order valence-corrected chi connectivity index (χ4v) is 3.35. The lowest BCUT2D eigenvalue weighted by atomic mass is 10.1. The van der Waals surface area contributed by atoms with Crippen molar-refractivity contribution in [3.05, 3.63) is 0 Å². The lowest BCUT2D eigenvalue weighted by Gasteiger charge is -2.07. The first kappa shape index (κ1) is 10.5. The number of sulfone groups is 1. The van der Waals surface area contributed by atoms with Gasteiger partial charge in [0.15, 0.2) is 9.84 Å². The van der Waals surface area contributed by atoms with E-state index in [1.807, 2.05) is 6.07 Å².